The van der Waals surface area contributed by atoms with Crippen LogP contribution in [0.1, 0.15) is 122 Å². The van der Waals surface area contributed by atoms with Crippen molar-refractivity contribution in [2.75, 3.05) is 36.9 Å². The van der Waals surface area contributed by atoms with Crippen LogP contribution < -0.4 is 34.9 Å². The summed E-state index contributed by atoms with van der Waals surface area (Å²) < 4.78 is 9.53. The number of carboxylic acids is 1. The van der Waals surface area contributed by atoms with Crippen molar-refractivity contribution in [3.05, 3.63) is 229 Å². The van der Waals surface area contributed by atoms with Crippen molar-refractivity contribution < 1.29 is 105 Å². The third-order valence-electron chi connectivity index (χ3n) is 13.9. The van der Waals surface area contributed by atoms with E-state index in [9.17, 15) is 43.8 Å². The number of ketones is 3. The second kappa shape index (κ2) is 44.9. The van der Waals surface area contributed by atoms with Gasteiger partial charge in [0.15, 0.2) is 34.4 Å². The Morgan fingerprint density at radius 2 is 1.17 bits per heavy atom. The molecule has 24 heteroatoms. The molecule has 0 saturated carbocycles. The first-order valence-electron chi connectivity index (χ1n) is 28.8. The number of benzene rings is 6. The van der Waals surface area contributed by atoms with Crippen molar-refractivity contribution >= 4 is 123 Å². The van der Waals surface area contributed by atoms with Gasteiger partial charge in [0, 0.05) is 44.8 Å². The fourth-order valence-electron chi connectivity index (χ4n) is 9.47. The Balaban J connectivity index is 0.000000395. The van der Waals surface area contributed by atoms with Crippen molar-refractivity contribution in [1.82, 2.24) is 4.98 Å². The molecule has 4 N–H and O–H groups in total. The quantitative estimate of drug-likeness (QED) is 0.0271. The molecule has 0 radical (unpaired) electrons. The molecular formula is C70H65BrCl3N6NaO12Zn. The number of halogens is 4. The van der Waals surface area contributed by atoms with Crippen LogP contribution in [0.15, 0.2) is 121 Å². The van der Waals surface area contributed by atoms with Crippen LogP contribution in [0.25, 0.3) is 25.4 Å². The molecule has 18 nitrogen and oxygen atoms in total. The van der Waals surface area contributed by atoms with Crippen LogP contribution in [0.3, 0.4) is 0 Å². The number of rotatable bonds is 11. The van der Waals surface area contributed by atoms with E-state index in [1.54, 1.807) is 97.1 Å². The summed E-state index contributed by atoms with van der Waals surface area (Å²) in [6.07, 6.45) is 11.8. The van der Waals surface area contributed by atoms with Crippen LogP contribution in [0.5, 0.6) is 5.75 Å². The van der Waals surface area contributed by atoms with E-state index in [1.165, 1.54) is 59.2 Å². The second-order valence-corrected chi connectivity index (χ2v) is 21.4. The number of hydrogen-bond donors (Lipinski definition) is 3. The molecule has 94 heavy (non-hydrogen) atoms. The predicted octanol–water partition coefficient (Wildman–Crippen LogP) is 12.1. The minimum atomic E-state index is -1.16. The summed E-state index contributed by atoms with van der Waals surface area (Å²) in [5, 5.41) is 31.9. The SMILES string of the molecule is C1CCOC1.N#Cc1ccc(Cc2nc3c4c(ccc3c(C(=O)O)c2O)CCCC4)cc1.O=C(Cl)CCl.O=C1Nc2c(ccc3c2CCCC3)C1=O.[C-]#[N+]c1ccc(CC(=O)CCl)cc1.[C-]#[N+]c1ccc(CC(=O)COC(C)=O)cc1.[C-]#[N+]c1ccc([CH2-])cc1.[Na+].[OH-].[Zn+][Br]. The number of aryl methyl sites for hydroxylation is 3. The number of aromatic carboxylic acids is 1. The summed E-state index contributed by atoms with van der Waals surface area (Å²) in [6, 6.07) is 37.4. The van der Waals surface area contributed by atoms with Gasteiger partial charge in [-0.2, -0.15) is 29.9 Å². The third-order valence-corrected chi connectivity index (χ3v) is 14.7. The number of ether oxygens (including phenoxy) is 2. The number of alkyl halides is 2. The van der Waals surface area contributed by atoms with Gasteiger partial charge in [-0.05, 0) is 133 Å². The van der Waals surface area contributed by atoms with E-state index < -0.39 is 28.9 Å². The second-order valence-electron chi connectivity index (χ2n) is 20.5. The molecule has 1 fully saturated rings. The molecule has 2 aliphatic heterocycles. The van der Waals surface area contributed by atoms with Crippen molar-refractivity contribution in [2.45, 2.75) is 90.4 Å². The number of anilines is 1. The molecule has 478 valence electrons. The number of Topliss-reactive ketones (excluding diaryl/α,β-unsaturated/α-hetero) is 3. The number of fused-ring (bicyclic) bond motifs is 6. The fourth-order valence-corrected chi connectivity index (χ4v) is 9.57. The number of nitrogens with zero attached hydrogens (tertiary/aromatic N) is 5. The van der Waals surface area contributed by atoms with E-state index in [2.05, 4.69) is 51.2 Å². The number of esters is 1. The molecule has 0 atom stereocenters. The zero-order valence-corrected chi connectivity index (χ0v) is 60.8. The Hall–Kier alpha value is -7.66. The van der Waals surface area contributed by atoms with E-state index in [4.69, 9.17) is 69.5 Å². The van der Waals surface area contributed by atoms with Crippen molar-refractivity contribution in [3.8, 4) is 11.8 Å². The van der Waals surface area contributed by atoms with Gasteiger partial charge in [0.1, 0.15) is 12.2 Å². The number of carbonyl (C=O) groups is 7. The van der Waals surface area contributed by atoms with Crippen LogP contribution in [0.4, 0.5) is 22.7 Å². The van der Waals surface area contributed by atoms with Gasteiger partial charge in [-0.25, -0.2) is 24.3 Å². The number of carbonyl (C=O) groups excluding carboxylic acids is 6. The predicted molar refractivity (Wildman–Crippen MR) is 357 cm³/mol. The Morgan fingerprint density at radius 1 is 0.702 bits per heavy atom. The van der Waals surface area contributed by atoms with Crippen LogP contribution in [-0.4, -0.2) is 92.7 Å². The van der Waals surface area contributed by atoms with E-state index >= 15 is 0 Å². The Labute approximate surface area is 600 Å². The average Bonchev–Trinajstić information content (AvgIpc) is 1.06. The van der Waals surface area contributed by atoms with E-state index in [0.717, 1.165) is 91.7 Å². The van der Waals surface area contributed by atoms with E-state index in [0.29, 0.717) is 57.6 Å². The molecule has 6 aromatic carbocycles. The van der Waals surface area contributed by atoms with Crippen molar-refractivity contribution in [2.24, 2.45) is 0 Å². The fraction of sp³-hybridized carbons (Fsp3) is 0.271. The number of carboxylic acid groups (broad SMARTS) is 1. The standard InChI is InChI=1S/C22H18N2O3.C12H11NO3.C12H11NO2.C10H8ClNO.C8H6N.C4H8O.C2H2Cl2O.BrH.Na.H2O.Zn/c23-12-14-7-5-13(6-8-14)11-18-21(25)19(22(26)27)17-10-9-15-3-1-2-4-16(15)20(17)24-18;1-9(14)16-8-12(15)7-10-3-5-11(13-2)6-4-10;14-11-9-6-5-7-3-1-2-4-8(7)10(9)13-12(11)15;1-12-9-4-2-8(3-5-9)6-10(13)7-11;1-7-3-5-8(9-2)6-4-7;1-2-4-5-3-1;3-1-2(4)5;;;;/h5-10,25H,1-4,11H2,(H,26,27);3-6H,7-8H2,1H3;5-6H,1-4H2,(H,13,14,15);2-5H,6-7H2;3-6H,1H2;1-4H2;1H2;1H;;1H2;/q;;;;-1;;;;+1;;+2/p-2. The number of nitrogens with one attached hydrogen (secondary N) is 1. The molecule has 0 bridgehead atoms. The number of aromatic hydroxyl groups is 1. The van der Waals surface area contributed by atoms with Gasteiger partial charge >= 0.3 is 71.5 Å². The zero-order valence-electron chi connectivity index (χ0n) is 52.0. The molecule has 11 rings (SSSR count). The molecule has 7 aromatic rings. The Morgan fingerprint density at radius 3 is 1.63 bits per heavy atom. The van der Waals surface area contributed by atoms with E-state index in [1.807, 2.05) is 24.3 Å². The van der Waals surface area contributed by atoms with Gasteiger partial charge in [0.05, 0.1) is 65.6 Å². The molecule has 1 saturated heterocycles. The molecule has 1 aromatic heterocycles. The first-order valence-corrected chi connectivity index (χ1v) is 37.2. The molecule has 2 aliphatic carbocycles. The molecular weight excluding hydrogens is 1390 g/mol. The number of aromatic nitrogens is 1. The van der Waals surface area contributed by atoms with Gasteiger partial charge in [-0.15, -0.1) is 35.3 Å². The Bertz CT molecular complexity index is 3880. The topological polar surface area (TPSA) is 270 Å². The van der Waals surface area contributed by atoms with Gasteiger partial charge in [0.2, 0.25) is 5.24 Å². The molecule has 1 amide bonds. The maximum atomic E-state index is 11.9. The minimum absolute atomic E-state index is 0. The summed E-state index contributed by atoms with van der Waals surface area (Å²) in [7, 11) is 0. The van der Waals surface area contributed by atoms with Crippen LogP contribution in [0, 0.1) is 38.0 Å². The zero-order chi connectivity index (χ0) is 67.5. The summed E-state index contributed by atoms with van der Waals surface area (Å²) in [5.41, 5.74) is 12.9. The maximum absolute atomic E-state index is 11.9. The summed E-state index contributed by atoms with van der Waals surface area (Å²) in [5.74, 6) is -2.99. The molecule has 4 aliphatic rings. The first kappa shape index (κ1) is 82.4. The van der Waals surface area contributed by atoms with Gasteiger partial charge in [-0.1, -0.05) is 78.9 Å². The normalized spacial score (nSPS) is 12.1. The van der Waals surface area contributed by atoms with Crippen LogP contribution in [0.2, 0.25) is 0 Å². The van der Waals surface area contributed by atoms with Crippen molar-refractivity contribution in [3.63, 3.8) is 0 Å². The van der Waals surface area contributed by atoms with Gasteiger partial charge < -0.3 is 30.5 Å². The number of amides is 1. The van der Waals surface area contributed by atoms with Crippen LogP contribution in [-0.2, 0) is 94.7 Å². The first-order chi connectivity index (χ1) is 44.3. The molecule has 0 spiro atoms. The number of nitriles is 1. The molecule has 0 unspecified atom stereocenters. The van der Waals surface area contributed by atoms with Gasteiger partial charge in [0.25, 0.3) is 11.7 Å². The number of hydrogen-bond acceptors (Lipinski definition) is 13. The van der Waals surface area contributed by atoms with Crippen LogP contribution >= 0.6 is 48.4 Å². The Kier molecular flexibility index (Phi) is 39.3. The monoisotopic (exact) mass is 1450 g/mol. The summed E-state index contributed by atoms with van der Waals surface area (Å²) >= 11 is 19.2. The number of pyridine rings is 1. The average molecular weight is 1460 g/mol. The van der Waals surface area contributed by atoms with E-state index in [-0.39, 0.29) is 82.7 Å². The summed E-state index contributed by atoms with van der Waals surface area (Å²) in [6.45, 7) is 26.9. The van der Waals surface area contributed by atoms with Crippen molar-refractivity contribution in [1.29, 1.82) is 5.26 Å². The van der Waals surface area contributed by atoms with Gasteiger partial charge in [-0.3, -0.25) is 28.8 Å². The third kappa shape index (κ3) is 27.4. The summed E-state index contributed by atoms with van der Waals surface area (Å²) in [4.78, 5) is 91.2. The molecule has 3 heterocycles.